The Morgan fingerprint density at radius 2 is 2.25 bits per heavy atom. The molecule has 0 radical (unpaired) electrons. The van der Waals surface area contributed by atoms with Crippen molar-refractivity contribution < 1.29 is 23.1 Å². The number of rotatable bonds is 2. The fraction of sp³-hybridized carbons (Fsp3) is 0.733. The average molecular weight is 363 g/mol. The first-order chi connectivity index (χ1) is 11.3. The molecule has 5 nitrogen and oxygen atoms in total. The largest absolute Gasteiger partial charge is 0.434 e. The zero-order valence-corrected chi connectivity index (χ0v) is 13.9. The second-order valence-corrected chi connectivity index (χ2v) is 7.47. The highest BCUT2D eigenvalue weighted by Crippen LogP contribution is 2.39. The molecule has 1 aliphatic heterocycles. The van der Waals surface area contributed by atoms with E-state index in [1.54, 1.807) is 4.90 Å². The topological polar surface area (TPSA) is 65.5 Å². The summed E-state index contributed by atoms with van der Waals surface area (Å²) in [4.78, 5) is 17.4. The summed E-state index contributed by atoms with van der Waals surface area (Å²) in [7, 11) is 0. The lowest BCUT2D eigenvalue weighted by Crippen LogP contribution is -2.56. The number of piperidine rings is 1. The SMILES string of the molecule is O=C(NCc1nc(C(F)(F)F)cs1)N1CC[C@]2(O)CCCC[C@H]2C1. The Kier molecular flexibility index (Phi) is 4.74. The van der Waals surface area contributed by atoms with Gasteiger partial charge in [0, 0.05) is 24.4 Å². The summed E-state index contributed by atoms with van der Waals surface area (Å²) in [5.41, 5.74) is -1.59. The molecule has 3 rings (SSSR count). The smallest absolute Gasteiger partial charge is 0.389 e. The Balaban J connectivity index is 1.53. The van der Waals surface area contributed by atoms with Crippen molar-refractivity contribution in [2.45, 2.75) is 50.4 Å². The summed E-state index contributed by atoms with van der Waals surface area (Å²) in [5, 5.41) is 14.4. The maximum Gasteiger partial charge on any atom is 0.434 e. The Morgan fingerprint density at radius 3 is 2.96 bits per heavy atom. The van der Waals surface area contributed by atoms with Crippen LogP contribution in [0.25, 0.3) is 0 Å². The lowest BCUT2D eigenvalue weighted by molar-refractivity contribution is -0.140. The van der Waals surface area contributed by atoms with Crippen LogP contribution in [0.1, 0.15) is 42.8 Å². The molecule has 2 amide bonds. The average Bonchev–Trinajstić information content (AvgIpc) is 3.01. The van der Waals surface area contributed by atoms with Crippen molar-refractivity contribution in [1.29, 1.82) is 0 Å². The van der Waals surface area contributed by atoms with Crippen molar-refractivity contribution >= 4 is 17.4 Å². The van der Waals surface area contributed by atoms with Crippen molar-refractivity contribution in [3.8, 4) is 0 Å². The molecule has 9 heteroatoms. The molecule has 0 bridgehead atoms. The molecular weight excluding hydrogens is 343 g/mol. The zero-order valence-electron chi connectivity index (χ0n) is 13.1. The summed E-state index contributed by atoms with van der Waals surface area (Å²) < 4.78 is 37.5. The van der Waals surface area contributed by atoms with E-state index in [9.17, 15) is 23.1 Å². The summed E-state index contributed by atoms with van der Waals surface area (Å²) >= 11 is 0.878. The molecule has 2 aliphatic rings. The van der Waals surface area contributed by atoms with Gasteiger partial charge in [-0.1, -0.05) is 12.8 Å². The van der Waals surface area contributed by atoms with Crippen LogP contribution in [0.3, 0.4) is 0 Å². The minimum absolute atomic E-state index is 0.0228. The number of carbonyl (C=O) groups is 1. The third-order valence-electron chi connectivity index (χ3n) is 4.95. The van der Waals surface area contributed by atoms with Crippen molar-refractivity contribution in [2.24, 2.45) is 5.92 Å². The van der Waals surface area contributed by atoms with Crippen LogP contribution in [0, 0.1) is 5.92 Å². The monoisotopic (exact) mass is 363 g/mol. The van der Waals surface area contributed by atoms with Crippen molar-refractivity contribution in [2.75, 3.05) is 13.1 Å². The first-order valence-corrected chi connectivity index (χ1v) is 8.93. The van der Waals surface area contributed by atoms with E-state index >= 15 is 0 Å². The highest BCUT2D eigenvalue weighted by Gasteiger charge is 2.43. The Morgan fingerprint density at radius 1 is 1.46 bits per heavy atom. The van der Waals surface area contributed by atoms with E-state index in [0.29, 0.717) is 19.5 Å². The highest BCUT2D eigenvalue weighted by atomic mass is 32.1. The van der Waals surface area contributed by atoms with Gasteiger partial charge in [0.05, 0.1) is 12.1 Å². The number of urea groups is 1. The fourth-order valence-electron chi connectivity index (χ4n) is 3.54. The van der Waals surface area contributed by atoms with Crippen LogP contribution in [0.2, 0.25) is 0 Å². The number of alkyl halides is 3. The van der Waals surface area contributed by atoms with Gasteiger partial charge in [0.15, 0.2) is 5.69 Å². The van der Waals surface area contributed by atoms with E-state index < -0.39 is 17.5 Å². The second kappa shape index (κ2) is 6.51. The number of halogens is 3. The predicted molar refractivity (Wildman–Crippen MR) is 82.4 cm³/mol. The van der Waals surface area contributed by atoms with Gasteiger partial charge in [-0.05, 0) is 19.3 Å². The molecule has 0 spiro atoms. The van der Waals surface area contributed by atoms with Gasteiger partial charge in [-0.25, -0.2) is 9.78 Å². The van der Waals surface area contributed by atoms with E-state index in [1.807, 2.05) is 0 Å². The predicted octanol–water partition coefficient (Wildman–Crippen LogP) is 3.00. The third-order valence-corrected chi connectivity index (χ3v) is 5.80. The molecule has 1 saturated carbocycles. The molecule has 1 aliphatic carbocycles. The molecule has 0 unspecified atom stereocenters. The van der Waals surface area contributed by atoms with E-state index in [-0.39, 0.29) is 23.5 Å². The van der Waals surface area contributed by atoms with E-state index in [2.05, 4.69) is 10.3 Å². The standard InChI is InChI=1S/C15H20F3N3O2S/c16-15(17,18)11-9-24-12(20-11)7-19-13(22)21-6-5-14(23)4-2-1-3-10(14)8-21/h9-10,23H,1-8H2,(H,19,22)/t10-,14+/m0/s1. The number of likely N-dealkylation sites (tertiary alicyclic amines) is 1. The van der Waals surface area contributed by atoms with Crippen LogP contribution >= 0.6 is 11.3 Å². The van der Waals surface area contributed by atoms with Crippen molar-refractivity contribution in [3.63, 3.8) is 0 Å². The number of aliphatic hydroxyl groups is 1. The molecule has 2 heterocycles. The number of aromatic nitrogens is 1. The second-order valence-electron chi connectivity index (χ2n) is 6.53. The van der Waals surface area contributed by atoms with Gasteiger partial charge < -0.3 is 15.3 Å². The number of hydrogen-bond acceptors (Lipinski definition) is 4. The third kappa shape index (κ3) is 3.66. The van der Waals surface area contributed by atoms with Crippen LogP contribution in [-0.4, -0.2) is 39.7 Å². The quantitative estimate of drug-likeness (QED) is 0.849. The van der Waals surface area contributed by atoms with E-state index in [0.717, 1.165) is 42.4 Å². The molecular formula is C15H20F3N3O2S. The van der Waals surface area contributed by atoms with E-state index in [1.165, 1.54) is 0 Å². The van der Waals surface area contributed by atoms with Crippen LogP contribution < -0.4 is 5.32 Å². The normalized spacial score (nSPS) is 27.7. The Bertz CT molecular complexity index is 607. The van der Waals surface area contributed by atoms with Crippen molar-refractivity contribution in [3.05, 3.63) is 16.1 Å². The molecule has 24 heavy (non-hydrogen) atoms. The van der Waals surface area contributed by atoms with Crippen LogP contribution in [0.5, 0.6) is 0 Å². The molecule has 1 saturated heterocycles. The Labute approximate surface area is 141 Å². The summed E-state index contributed by atoms with van der Waals surface area (Å²) in [6.07, 6.45) is -0.141. The van der Waals surface area contributed by atoms with Crippen LogP contribution in [0.4, 0.5) is 18.0 Å². The number of hydrogen-bond donors (Lipinski definition) is 2. The van der Waals surface area contributed by atoms with Gasteiger partial charge in [0.25, 0.3) is 0 Å². The Hall–Kier alpha value is -1.35. The fourth-order valence-corrected chi connectivity index (χ4v) is 4.28. The van der Waals surface area contributed by atoms with Gasteiger partial charge >= 0.3 is 12.2 Å². The summed E-state index contributed by atoms with van der Waals surface area (Å²) in [6, 6.07) is -0.314. The first kappa shape index (κ1) is 17.5. The number of carbonyl (C=O) groups excluding carboxylic acids is 1. The molecule has 2 atom stereocenters. The minimum Gasteiger partial charge on any atom is -0.389 e. The molecule has 134 valence electrons. The van der Waals surface area contributed by atoms with Crippen LogP contribution in [-0.2, 0) is 12.7 Å². The van der Waals surface area contributed by atoms with Gasteiger partial charge in [-0.2, -0.15) is 13.2 Å². The van der Waals surface area contributed by atoms with E-state index in [4.69, 9.17) is 0 Å². The number of fused-ring (bicyclic) bond motifs is 1. The molecule has 2 N–H and O–H groups in total. The maximum absolute atomic E-state index is 12.5. The number of nitrogens with zero attached hydrogens (tertiary/aromatic N) is 2. The van der Waals surface area contributed by atoms with Gasteiger partial charge in [0.1, 0.15) is 5.01 Å². The lowest BCUT2D eigenvalue weighted by atomic mass is 9.71. The molecule has 2 fully saturated rings. The van der Waals surface area contributed by atoms with Crippen LogP contribution in [0.15, 0.2) is 5.38 Å². The van der Waals surface area contributed by atoms with Gasteiger partial charge in [0.2, 0.25) is 0 Å². The highest BCUT2D eigenvalue weighted by molar-refractivity contribution is 7.09. The molecule has 1 aromatic rings. The van der Waals surface area contributed by atoms with Gasteiger partial charge in [-0.3, -0.25) is 0 Å². The zero-order chi connectivity index (χ0) is 17.4. The maximum atomic E-state index is 12.5. The minimum atomic E-state index is -4.46. The number of amides is 2. The molecule has 0 aromatic carbocycles. The summed E-state index contributed by atoms with van der Waals surface area (Å²) in [6.45, 7) is 0.934. The first-order valence-electron chi connectivity index (χ1n) is 8.05. The summed E-state index contributed by atoms with van der Waals surface area (Å²) in [5.74, 6) is 0.0856. The lowest BCUT2D eigenvalue weighted by Gasteiger charge is -2.47. The van der Waals surface area contributed by atoms with Gasteiger partial charge in [-0.15, -0.1) is 11.3 Å². The number of nitrogens with one attached hydrogen (secondary N) is 1. The van der Waals surface area contributed by atoms with Crippen molar-refractivity contribution in [1.82, 2.24) is 15.2 Å². The number of thiazole rings is 1. The molecule has 1 aromatic heterocycles.